The molecule has 3 N–H and O–H groups in total. The van der Waals surface area contributed by atoms with Gasteiger partial charge in [0.25, 0.3) is 5.56 Å². The molecule has 112 valence electrons. The van der Waals surface area contributed by atoms with Gasteiger partial charge < -0.3 is 5.32 Å². The van der Waals surface area contributed by atoms with Gasteiger partial charge in [-0.2, -0.15) is 0 Å². The van der Waals surface area contributed by atoms with Crippen LogP contribution in [0.4, 0.5) is 5.69 Å². The lowest BCUT2D eigenvalue weighted by molar-refractivity contribution is 0.345. The topological polar surface area (TPSA) is 60.7 Å². The number of hydrogen-bond donors (Lipinski definition) is 3. The summed E-state index contributed by atoms with van der Waals surface area (Å²) in [7, 11) is 0. The first-order valence-electron chi connectivity index (χ1n) is 7.93. The van der Waals surface area contributed by atoms with E-state index < -0.39 is 0 Å². The van der Waals surface area contributed by atoms with E-state index in [1.807, 2.05) is 12.1 Å². The number of benzene rings is 1. The first-order valence-corrected chi connectivity index (χ1v) is 7.93. The summed E-state index contributed by atoms with van der Waals surface area (Å²) in [5.74, 6) is 0.912. The van der Waals surface area contributed by atoms with E-state index in [0.29, 0.717) is 0 Å². The third kappa shape index (κ3) is 3.78. The first kappa shape index (κ1) is 14.0. The van der Waals surface area contributed by atoms with Gasteiger partial charge in [-0.3, -0.25) is 15.0 Å². The number of aromatic amines is 2. The molecule has 3 rings (SSSR count). The van der Waals surface area contributed by atoms with Crippen molar-refractivity contribution in [3.63, 3.8) is 0 Å². The quantitative estimate of drug-likeness (QED) is 0.783. The van der Waals surface area contributed by atoms with Crippen molar-refractivity contribution >= 4 is 5.69 Å². The second-order valence-electron chi connectivity index (χ2n) is 5.97. The fourth-order valence-electron chi connectivity index (χ4n) is 3.15. The van der Waals surface area contributed by atoms with Crippen LogP contribution in [0.15, 0.2) is 35.1 Å². The summed E-state index contributed by atoms with van der Waals surface area (Å²) in [6, 6.07) is 9.78. The molecule has 0 atom stereocenters. The van der Waals surface area contributed by atoms with Gasteiger partial charge in [0.15, 0.2) is 0 Å². The number of rotatable bonds is 5. The Morgan fingerprint density at radius 1 is 1.05 bits per heavy atom. The maximum atomic E-state index is 11.1. The van der Waals surface area contributed by atoms with Crippen molar-refractivity contribution in [3.8, 4) is 11.3 Å². The second kappa shape index (κ2) is 6.66. The van der Waals surface area contributed by atoms with Crippen LogP contribution in [0.5, 0.6) is 0 Å². The third-order valence-corrected chi connectivity index (χ3v) is 4.40. The molecule has 1 heterocycles. The molecule has 1 fully saturated rings. The maximum Gasteiger partial charge on any atom is 0.264 e. The number of anilines is 1. The third-order valence-electron chi connectivity index (χ3n) is 4.40. The van der Waals surface area contributed by atoms with E-state index in [1.54, 1.807) is 6.07 Å². The zero-order valence-electron chi connectivity index (χ0n) is 12.3. The highest BCUT2D eigenvalue weighted by Gasteiger charge is 2.12. The highest BCUT2D eigenvalue weighted by molar-refractivity contribution is 5.62. The fraction of sp³-hybridized carbons (Fsp3) is 0.471. The Morgan fingerprint density at radius 2 is 1.81 bits per heavy atom. The fourth-order valence-corrected chi connectivity index (χ4v) is 3.15. The lowest BCUT2D eigenvalue weighted by atomic mass is 9.87. The number of hydrogen-bond acceptors (Lipinski definition) is 2. The summed E-state index contributed by atoms with van der Waals surface area (Å²) in [6.45, 7) is 1.05. The van der Waals surface area contributed by atoms with E-state index in [4.69, 9.17) is 0 Å². The predicted molar refractivity (Wildman–Crippen MR) is 86.5 cm³/mol. The van der Waals surface area contributed by atoms with Crippen LogP contribution in [-0.4, -0.2) is 16.7 Å². The van der Waals surface area contributed by atoms with Gasteiger partial charge in [0.05, 0.1) is 5.69 Å². The Bertz CT molecular complexity index is 605. The summed E-state index contributed by atoms with van der Waals surface area (Å²) in [4.78, 5) is 11.1. The van der Waals surface area contributed by atoms with Crippen LogP contribution in [0.1, 0.15) is 38.5 Å². The van der Waals surface area contributed by atoms with Gasteiger partial charge in [-0.15, -0.1) is 0 Å². The minimum absolute atomic E-state index is 0.0975. The molecule has 0 unspecified atom stereocenters. The maximum absolute atomic E-state index is 11.1. The molecule has 0 aliphatic heterocycles. The highest BCUT2D eigenvalue weighted by Crippen LogP contribution is 2.26. The molecule has 4 heteroatoms. The summed E-state index contributed by atoms with van der Waals surface area (Å²) in [5, 5.41) is 8.92. The van der Waals surface area contributed by atoms with Gasteiger partial charge in [-0.05, 0) is 30.0 Å². The van der Waals surface area contributed by atoms with Crippen molar-refractivity contribution in [2.45, 2.75) is 38.5 Å². The number of nitrogens with one attached hydrogen (secondary N) is 3. The van der Waals surface area contributed by atoms with Crippen molar-refractivity contribution < 1.29 is 0 Å². The van der Waals surface area contributed by atoms with Gasteiger partial charge in [0.2, 0.25) is 0 Å². The molecule has 21 heavy (non-hydrogen) atoms. The SMILES string of the molecule is O=c1cc(-c2ccc(NCCC3CCCCC3)cc2)[nH][nH]1. The molecule has 4 nitrogen and oxygen atoms in total. The Morgan fingerprint density at radius 3 is 2.48 bits per heavy atom. The van der Waals surface area contributed by atoms with E-state index in [2.05, 4.69) is 27.6 Å². The van der Waals surface area contributed by atoms with Crippen LogP contribution in [0.25, 0.3) is 11.3 Å². The lowest BCUT2D eigenvalue weighted by Crippen LogP contribution is -2.12. The summed E-state index contributed by atoms with van der Waals surface area (Å²) >= 11 is 0. The van der Waals surface area contributed by atoms with Crippen LogP contribution < -0.4 is 10.9 Å². The highest BCUT2D eigenvalue weighted by atomic mass is 16.1. The average molecular weight is 285 g/mol. The standard InChI is InChI=1S/C17H23N3O/c21-17-12-16(19-20-17)14-6-8-15(9-7-14)18-11-10-13-4-2-1-3-5-13/h6-9,12-13,18H,1-5,10-11H2,(H2,19,20,21). The molecule has 1 aliphatic carbocycles. The molecular weight excluding hydrogens is 262 g/mol. The molecule has 1 aromatic carbocycles. The summed E-state index contributed by atoms with van der Waals surface area (Å²) < 4.78 is 0. The first-order chi connectivity index (χ1) is 10.3. The normalized spacial score (nSPS) is 16.0. The predicted octanol–water partition coefficient (Wildman–Crippen LogP) is 3.75. The van der Waals surface area contributed by atoms with Crippen LogP contribution in [0.3, 0.4) is 0 Å². The van der Waals surface area contributed by atoms with Crippen molar-refractivity contribution in [2.75, 3.05) is 11.9 Å². The van der Waals surface area contributed by atoms with Crippen molar-refractivity contribution in [1.29, 1.82) is 0 Å². The molecular formula is C17H23N3O. The van der Waals surface area contributed by atoms with Crippen LogP contribution in [0.2, 0.25) is 0 Å². The minimum atomic E-state index is -0.0975. The van der Waals surface area contributed by atoms with Gasteiger partial charge in [0, 0.05) is 18.3 Å². The lowest BCUT2D eigenvalue weighted by Gasteiger charge is -2.21. The zero-order valence-corrected chi connectivity index (χ0v) is 12.3. The average Bonchev–Trinajstić information content (AvgIpc) is 2.96. The van der Waals surface area contributed by atoms with Crippen molar-refractivity contribution in [3.05, 3.63) is 40.7 Å². The monoisotopic (exact) mass is 285 g/mol. The Balaban J connectivity index is 1.51. The van der Waals surface area contributed by atoms with Gasteiger partial charge in [-0.1, -0.05) is 44.2 Å². The molecule has 2 aromatic rings. The van der Waals surface area contributed by atoms with Crippen LogP contribution in [0, 0.1) is 5.92 Å². The number of H-pyrrole nitrogens is 2. The largest absolute Gasteiger partial charge is 0.385 e. The zero-order chi connectivity index (χ0) is 14.5. The van der Waals surface area contributed by atoms with E-state index >= 15 is 0 Å². The molecule has 0 spiro atoms. The Kier molecular flexibility index (Phi) is 4.43. The molecule has 1 aromatic heterocycles. The van der Waals surface area contributed by atoms with E-state index in [-0.39, 0.29) is 5.56 Å². The molecule has 0 bridgehead atoms. The van der Waals surface area contributed by atoms with Crippen LogP contribution >= 0.6 is 0 Å². The Labute approximate surface area is 125 Å². The molecule has 1 aliphatic rings. The molecule has 0 radical (unpaired) electrons. The van der Waals surface area contributed by atoms with Gasteiger partial charge in [0.1, 0.15) is 0 Å². The van der Waals surface area contributed by atoms with Crippen molar-refractivity contribution in [2.24, 2.45) is 5.92 Å². The van der Waals surface area contributed by atoms with E-state index in [0.717, 1.165) is 29.4 Å². The van der Waals surface area contributed by atoms with Gasteiger partial charge >= 0.3 is 0 Å². The molecule has 1 saturated carbocycles. The number of aromatic nitrogens is 2. The van der Waals surface area contributed by atoms with Crippen molar-refractivity contribution in [1.82, 2.24) is 10.2 Å². The summed E-state index contributed by atoms with van der Waals surface area (Å²) in [6.07, 6.45) is 8.32. The Hall–Kier alpha value is -1.97. The molecule has 0 saturated heterocycles. The van der Waals surface area contributed by atoms with E-state index in [1.165, 1.54) is 38.5 Å². The minimum Gasteiger partial charge on any atom is -0.385 e. The van der Waals surface area contributed by atoms with Crippen LogP contribution in [-0.2, 0) is 0 Å². The van der Waals surface area contributed by atoms with E-state index in [9.17, 15) is 4.79 Å². The second-order valence-corrected chi connectivity index (χ2v) is 5.97. The smallest absolute Gasteiger partial charge is 0.264 e. The summed E-state index contributed by atoms with van der Waals surface area (Å²) in [5.41, 5.74) is 2.90. The van der Waals surface area contributed by atoms with Gasteiger partial charge in [-0.25, -0.2) is 0 Å². The molecule has 0 amide bonds.